The summed E-state index contributed by atoms with van der Waals surface area (Å²) >= 11 is 0. The van der Waals surface area contributed by atoms with Crippen LogP contribution in [0.1, 0.15) is 86.6 Å². The first-order chi connectivity index (χ1) is 28.5. The van der Waals surface area contributed by atoms with E-state index in [0.717, 1.165) is 11.3 Å². The Hall–Kier alpha value is -2.91. The Labute approximate surface area is 362 Å². The smallest absolute Gasteiger partial charge is 0.261 e. The van der Waals surface area contributed by atoms with E-state index < -0.39 is 28.5 Å². The second-order valence-electron chi connectivity index (χ2n) is 20.1. The van der Waals surface area contributed by atoms with Crippen molar-refractivity contribution in [2.24, 2.45) is 0 Å². The molecule has 326 valence electrons. The van der Waals surface area contributed by atoms with Crippen molar-refractivity contribution in [3.05, 3.63) is 121 Å². The van der Waals surface area contributed by atoms with Crippen molar-refractivity contribution >= 4 is 27.0 Å². The number of rotatable bonds is 13. The maximum atomic E-state index is 7.47. The molecule has 10 heteroatoms. The topological polar surface area (TPSA) is 73.8 Å². The van der Waals surface area contributed by atoms with Crippen LogP contribution in [0, 0.1) is 0 Å². The number of hydrogen-bond acceptors (Lipinski definition) is 8. The van der Waals surface area contributed by atoms with Crippen molar-refractivity contribution in [2.75, 3.05) is 13.2 Å². The summed E-state index contributed by atoms with van der Waals surface area (Å²) < 4.78 is 55.2. The molecule has 60 heavy (non-hydrogen) atoms. The lowest BCUT2D eigenvalue weighted by atomic mass is 9.86. The Balaban J connectivity index is 1.19. The van der Waals surface area contributed by atoms with Gasteiger partial charge in [-0.25, -0.2) is 0 Å². The third-order valence-electron chi connectivity index (χ3n) is 13.2. The lowest BCUT2D eigenvalue weighted by molar-refractivity contribution is -0.290. The predicted octanol–water partition coefficient (Wildman–Crippen LogP) is 9.62. The molecule has 0 radical (unpaired) electrons. The predicted molar refractivity (Wildman–Crippen MR) is 243 cm³/mol. The van der Waals surface area contributed by atoms with Gasteiger partial charge in [0.1, 0.15) is 24.1 Å². The van der Waals surface area contributed by atoms with E-state index in [4.69, 9.17) is 37.3 Å². The Kier molecular flexibility index (Phi) is 13.9. The van der Waals surface area contributed by atoms with E-state index in [1.807, 2.05) is 19.9 Å². The van der Waals surface area contributed by atoms with Gasteiger partial charge in [-0.3, -0.25) is 0 Å². The summed E-state index contributed by atoms with van der Waals surface area (Å²) in [5, 5.41) is 2.41. The third kappa shape index (κ3) is 10.1. The molecule has 0 saturated carbocycles. The summed E-state index contributed by atoms with van der Waals surface area (Å²) in [7, 11) is -5.00. The maximum Gasteiger partial charge on any atom is 0.261 e. The van der Waals surface area contributed by atoms with Gasteiger partial charge in [-0.1, -0.05) is 139 Å². The van der Waals surface area contributed by atoms with Gasteiger partial charge in [0.05, 0.1) is 37.6 Å². The summed E-state index contributed by atoms with van der Waals surface area (Å²) in [5.74, 6) is 0.208. The van der Waals surface area contributed by atoms with Crippen LogP contribution in [0.15, 0.2) is 115 Å². The minimum atomic E-state index is -2.78. The van der Waals surface area contributed by atoms with Gasteiger partial charge in [0, 0.05) is 13.0 Å². The van der Waals surface area contributed by atoms with Gasteiger partial charge in [-0.05, 0) is 84.4 Å². The largest absolute Gasteiger partial charge is 0.485 e. The molecule has 0 N–H and O–H groups in total. The maximum absolute atomic E-state index is 7.47. The van der Waals surface area contributed by atoms with Crippen LogP contribution in [-0.2, 0) is 43.9 Å². The molecule has 0 aromatic heterocycles. The average Bonchev–Trinajstić information content (AvgIpc) is 3.42. The van der Waals surface area contributed by atoms with Gasteiger partial charge >= 0.3 is 0 Å². The van der Waals surface area contributed by atoms with E-state index in [9.17, 15) is 0 Å². The first-order valence-electron chi connectivity index (χ1n) is 22.2. The summed E-state index contributed by atoms with van der Waals surface area (Å²) in [6.45, 7) is 24.0. The summed E-state index contributed by atoms with van der Waals surface area (Å²) in [5.41, 5.74) is 1.10. The van der Waals surface area contributed by atoms with Gasteiger partial charge in [-0.15, -0.1) is 0 Å². The van der Waals surface area contributed by atoms with Gasteiger partial charge in [0.25, 0.3) is 8.32 Å². The molecule has 8 nitrogen and oxygen atoms in total. The molecule has 3 aromatic carbocycles. The zero-order valence-electron chi connectivity index (χ0n) is 37.7. The first-order valence-corrected chi connectivity index (χ1v) is 27.0. The lowest BCUT2D eigenvalue weighted by Crippen LogP contribution is -2.67. The number of ether oxygens (including phenoxy) is 6. The fourth-order valence-corrected chi connectivity index (χ4v) is 15.0. The molecule has 0 amide bonds. The monoisotopic (exact) mass is 854 g/mol. The van der Waals surface area contributed by atoms with Gasteiger partial charge < -0.3 is 37.3 Å². The van der Waals surface area contributed by atoms with Crippen molar-refractivity contribution in [3.63, 3.8) is 0 Å². The van der Waals surface area contributed by atoms with Crippen molar-refractivity contribution < 1.29 is 37.3 Å². The van der Waals surface area contributed by atoms with Crippen molar-refractivity contribution in [3.8, 4) is 0 Å². The molecule has 8 atom stereocenters. The highest BCUT2D eigenvalue weighted by Crippen LogP contribution is 2.44. The fraction of sp³-hybridized carbons (Fsp3) is 0.560. The van der Waals surface area contributed by atoms with E-state index in [1.54, 1.807) is 0 Å². The van der Waals surface area contributed by atoms with Crippen LogP contribution in [0.4, 0.5) is 0 Å². The van der Waals surface area contributed by atoms with Crippen molar-refractivity contribution in [1.29, 1.82) is 0 Å². The van der Waals surface area contributed by atoms with Crippen LogP contribution in [0.2, 0.25) is 23.2 Å². The number of allylic oxidation sites excluding steroid dienone is 1. The Morgan fingerprint density at radius 3 is 2.00 bits per heavy atom. The minimum absolute atomic E-state index is 0.0216. The standard InChI is InChI=1S/C50H70O8Si2/c1-48(2,3)59(9,10)58-43-33-44-46(56-41(43)31-32-53-60(49(4,5)6,39-24-16-12-17-25-39)40-26-18-13-19-27-40)47(51-34-36-21-14-11-15-22-36)45-42(55-44)28-20-23-37(54-45)29-30-38-35-52-50(7,8)57-38/h11-27,29,38,41-47H,28,30-35H2,1-10H3/b37-29-/t38-,41+,42-,43-,44+,45-,46+,47+/m0/s1. The average molecular weight is 855 g/mol. The van der Waals surface area contributed by atoms with Crippen LogP contribution in [0.25, 0.3) is 0 Å². The number of fused-ring (bicyclic) bond motifs is 2. The molecule has 4 aliphatic heterocycles. The Morgan fingerprint density at radius 1 is 0.783 bits per heavy atom. The van der Waals surface area contributed by atoms with Gasteiger partial charge in [0.2, 0.25) is 0 Å². The van der Waals surface area contributed by atoms with E-state index in [0.29, 0.717) is 45.5 Å². The van der Waals surface area contributed by atoms with Gasteiger partial charge in [-0.2, -0.15) is 0 Å². The highest BCUT2D eigenvalue weighted by molar-refractivity contribution is 6.99. The Morgan fingerprint density at radius 2 is 1.42 bits per heavy atom. The normalized spacial score (nSPS) is 29.1. The molecule has 4 aliphatic rings. The number of benzene rings is 3. The molecular formula is C50H70O8Si2. The first kappa shape index (κ1) is 45.1. The molecule has 0 aliphatic carbocycles. The summed E-state index contributed by atoms with van der Waals surface area (Å²) in [6, 6.07) is 32.1. The molecule has 0 bridgehead atoms. The van der Waals surface area contributed by atoms with E-state index >= 15 is 0 Å². The highest BCUT2D eigenvalue weighted by Gasteiger charge is 2.55. The lowest BCUT2D eigenvalue weighted by Gasteiger charge is -2.52. The van der Waals surface area contributed by atoms with E-state index in [-0.39, 0.29) is 52.8 Å². The third-order valence-corrected chi connectivity index (χ3v) is 22.7. The molecule has 3 fully saturated rings. The Bertz CT molecular complexity index is 1850. The molecule has 7 rings (SSSR count). The molecule has 3 saturated heterocycles. The fourth-order valence-electron chi connectivity index (χ4n) is 9.08. The van der Waals surface area contributed by atoms with Crippen LogP contribution in [0.3, 0.4) is 0 Å². The molecule has 0 spiro atoms. The molecule has 4 heterocycles. The zero-order chi connectivity index (χ0) is 42.8. The second-order valence-corrected chi connectivity index (χ2v) is 29.1. The summed E-state index contributed by atoms with van der Waals surface area (Å²) in [4.78, 5) is 0. The SMILES string of the molecule is CC1(C)OC[C@H](C/C=C2/C=CC[C@@H]3O[C@@H]4C[C@H](O[Si](C)(C)C(C)(C)C)[C@@H](CCO[Si](c5ccccc5)(c5ccccc5)C(C)(C)C)O[C@H]4[C@H](OCc4ccccc4)[C@H]3O2)O1. The second kappa shape index (κ2) is 18.4. The van der Waals surface area contributed by atoms with Gasteiger partial charge in [0.15, 0.2) is 20.2 Å². The minimum Gasteiger partial charge on any atom is -0.485 e. The zero-order valence-corrected chi connectivity index (χ0v) is 39.7. The quantitative estimate of drug-likeness (QED) is 0.158. The molecule has 3 aromatic rings. The van der Waals surface area contributed by atoms with Crippen LogP contribution in [0.5, 0.6) is 0 Å². The van der Waals surface area contributed by atoms with Crippen molar-refractivity contribution in [2.45, 2.75) is 165 Å². The molecule has 0 unspecified atom stereocenters. The van der Waals surface area contributed by atoms with E-state index in [2.05, 4.69) is 158 Å². The highest BCUT2D eigenvalue weighted by atomic mass is 28.4. The number of hydrogen-bond donors (Lipinski definition) is 0. The van der Waals surface area contributed by atoms with Crippen molar-refractivity contribution in [1.82, 2.24) is 0 Å². The van der Waals surface area contributed by atoms with Crippen LogP contribution >= 0.6 is 0 Å². The van der Waals surface area contributed by atoms with Crippen LogP contribution in [-0.4, -0.2) is 84.5 Å². The van der Waals surface area contributed by atoms with Crippen LogP contribution < -0.4 is 10.4 Å². The summed E-state index contributed by atoms with van der Waals surface area (Å²) in [6.07, 6.45) is 7.05. The molecular weight excluding hydrogens is 785 g/mol. The van der Waals surface area contributed by atoms with E-state index in [1.165, 1.54) is 10.4 Å².